The van der Waals surface area contributed by atoms with Crippen molar-refractivity contribution >= 4 is 22.9 Å². The molecule has 1 fully saturated rings. The second-order valence-electron chi connectivity index (χ2n) is 5.91. The molecule has 0 spiro atoms. The summed E-state index contributed by atoms with van der Waals surface area (Å²) in [5.41, 5.74) is 3.53. The van der Waals surface area contributed by atoms with Crippen LogP contribution in [0.5, 0.6) is 0 Å². The molecule has 0 aliphatic carbocycles. The lowest BCUT2D eigenvalue weighted by Crippen LogP contribution is -2.34. The van der Waals surface area contributed by atoms with Crippen LogP contribution in [0.25, 0.3) is 0 Å². The Balaban J connectivity index is 1.62. The van der Waals surface area contributed by atoms with Crippen molar-refractivity contribution in [2.45, 2.75) is 32.7 Å². The van der Waals surface area contributed by atoms with Crippen molar-refractivity contribution in [1.29, 1.82) is 0 Å². The van der Waals surface area contributed by atoms with Gasteiger partial charge in [-0.05, 0) is 61.4 Å². The van der Waals surface area contributed by atoms with Crippen LogP contribution < -0.4 is 5.32 Å². The molecule has 1 aliphatic rings. The lowest BCUT2D eigenvalue weighted by atomic mass is 10.1. The van der Waals surface area contributed by atoms with Crippen LogP contribution >= 0.6 is 11.3 Å². The van der Waals surface area contributed by atoms with Gasteiger partial charge in [0.1, 0.15) is 0 Å². The molecule has 1 aliphatic heterocycles. The van der Waals surface area contributed by atoms with Gasteiger partial charge < -0.3 is 10.2 Å². The molecule has 1 amide bonds. The third-order valence-electron chi connectivity index (χ3n) is 4.40. The third kappa shape index (κ3) is 3.17. The molecule has 0 bridgehead atoms. The van der Waals surface area contributed by atoms with Crippen molar-refractivity contribution in [3.8, 4) is 0 Å². The maximum absolute atomic E-state index is 12.5. The van der Waals surface area contributed by atoms with Crippen molar-refractivity contribution in [3.63, 3.8) is 0 Å². The molecular formula is C18H22N2OS. The van der Waals surface area contributed by atoms with Gasteiger partial charge in [-0.1, -0.05) is 12.1 Å². The summed E-state index contributed by atoms with van der Waals surface area (Å²) in [7, 11) is 0. The van der Waals surface area contributed by atoms with Gasteiger partial charge in [0.2, 0.25) is 5.91 Å². The summed E-state index contributed by atoms with van der Waals surface area (Å²) in [6.45, 7) is 5.43. The average molecular weight is 314 g/mol. The quantitative estimate of drug-likeness (QED) is 0.920. The Morgan fingerprint density at radius 1 is 1.32 bits per heavy atom. The lowest BCUT2D eigenvalue weighted by molar-refractivity contribution is -0.130. The number of anilines is 1. The summed E-state index contributed by atoms with van der Waals surface area (Å²) in [4.78, 5) is 15.9. The predicted molar refractivity (Wildman–Crippen MR) is 92.4 cm³/mol. The van der Waals surface area contributed by atoms with E-state index in [0.717, 1.165) is 25.1 Å². The number of benzene rings is 1. The Morgan fingerprint density at radius 2 is 2.18 bits per heavy atom. The number of carbonyl (C=O) groups is 1. The van der Waals surface area contributed by atoms with Crippen LogP contribution in [0, 0.1) is 13.8 Å². The second kappa shape index (κ2) is 6.53. The summed E-state index contributed by atoms with van der Waals surface area (Å²) in [5, 5.41) is 5.35. The van der Waals surface area contributed by atoms with Crippen LogP contribution in [0.15, 0.2) is 35.7 Å². The van der Waals surface area contributed by atoms with Crippen molar-refractivity contribution < 1.29 is 4.79 Å². The maximum Gasteiger partial charge on any atom is 0.242 e. The fourth-order valence-corrected chi connectivity index (χ4v) is 3.85. The number of amides is 1. The van der Waals surface area contributed by atoms with Crippen molar-refractivity contribution in [2.75, 3.05) is 18.4 Å². The average Bonchev–Trinajstić information content (AvgIpc) is 3.18. The van der Waals surface area contributed by atoms with E-state index in [1.807, 2.05) is 11.0 Å². The second-order valence-corrected chi connectivity index (χ2v) is 6.89. The lowest BCUT2D eigenvalue weighted by Gasteiger charge is -2.24. The van der Waals surface area contributed by atoms with Gasteiger partial charge in [0.15, 0.2) is 0 Å². The van der Waals surface area contributed by atoms with E-state index in [1.165, 1.54) is 16.0 Å². The first-order valence-corrected chi connectivity index (χ1v) is 8.67. The van der Waals surface area contributed by atoms with E-state index in [0.29, 0.717) is 6.54 Å². The number of hydrogen-bond donors (Lipinski definition) is 1. The first-order chi connectivity index (χ1) is 10.6. The molecule has 3 rings (SSSR count). The first kappa shape index (κ1) is 15.1. The van der Waals surface area contributed by atoms with E-state index in [-0.39, 0.29) is 11.9 Å². The summed E-state index contributed by atoms with van der Waals surface area (Å²) < 4.78 is 0. The van der Waals surface area contributed by atoms with Gasteiger partial charge in [-0.3, -0.25) is 4.79 Å². The summed E-state index contributed by atoms with van der Waals surface area (Å²) >= 11 is 1.75. The van der Waals surface area contributed by atoms with Gasteiger partial charge in [0, 0.05) is 17.1 Å². The molecule has 1 atom stereocenters. The van der Waals surface area contributed by atoms with Crippen LogP contribution in [-0.4, -0.2) is 23.9 Å². The van der Waals surface area contributed by atoms with Gasteiger partial charge in [-0.2, -0.15) is 0 Å². The number of rotatable bonds is 4. The summed E-state index contributed by atoms with van der Waals surface area (Å²) in [5.74, 6) is 0.189. The maximum atomic E-state index is 12.5. The topological polar surface area (TPSA) is 32.3 Å². The Hall–Kier alpha value is -1.81. The Labute approximate surface area is 136 Å². The highest BCUT2D eigenvalue weighted by Gasteiger charge is 2.30. The molecule has 1 N–H and O–H groups in total. The highest BCUT2D eigenvalue weighted by atomic mass is 32.1. The predicted octanol–water partition coefficient (Wildman–Crippen LogP) is 4.14. The molecule has 2 aromatic rings. The van der Waals surface area contributed by atoms with E-state index in [4.69, 9.17) is 0 Å². The van der Waals surface area contributed by atoms with Crippen LogP contribution in [0.1, 0.15) is 34.9 Å². The van der Waals surface area contributed by atoms with Gasteiger partial charge >= 0.3 is 0 Å². The van der Waals surface area contributed by atoms with Gasteiger partial charge in [-0.25, -0.2) is 0 Å². The number of carbonyl (C=O) groups excluding carboxylic acids is 1. The summed E-state index contributed by atoms with van der Waals surface area (Å²) in [6.07, 6.45) is 2.17. The standard InChI is InChI=1S/C18H22N2OS/c1-13-7-8-15(11-14(13)2)19-12-18(21)20-9-3-5-16(20)17-6-4-10-22-17/h4,6-8,10-11,16,19H,3,5,9,12H2,1-2H3. The molecule has 3 nitrogen and oxygen atoms in total. The van der Waals surface area contributed by atoms with E-state index in [9.17, 15) is 4.79 Å². The first-order valence-electron chi connectivity index (χ1n) is 7.79. The normalized spacial score (nSPS) is 17.7. The zero-order valence-electron chi connectivity index (χ0n) is 13.1. The van der Waals surface area contributed by atoms with Crippen molar-refractivity contribution in [1.82, 2.24) is 4.90 Å². The molecule has 4 heteroatoms. The molecule has 116 valence electrons. The van der Waals surface area contributed by atoms with Gasteiger partial charge in [0.25, 0.3) is 0 Å². The number of thiophene rings is 1. The number of aryl methyl sites for hydroxylation is 2. The molecule has 1 aromatic carbocycles. The molecule has 2 heterocycles. The minimum Gasteiger partial charge on any atom is -0.376 e. The van der Waals surface area contributed by atoms with Crippen LogP contribution in [0.4, 0.5) is 5.69 Å². The van der Waals surface area contributed by atoms with E-state index >= 15 is 0 Å². The summed E-state index contributed by atoms with van der Waals surface area (Å²) in [6, 6.07) is 10.7. The molecule has 0 radical (unpaired) electrons. The van der Waals surface area contributed by atoms with Crippen LogP contribution in [-0.2, 0) is 4.79 Å². The molecule has 1 saturated heterocycles. The van der Waals surface area contributed by atoms with Crippen LogP contribution in [0.2, 0.25) is 0 Å². The Kier molecular flexibility index (Phi) is 4.48. The largest absolute Gasteiger partial charge is 0.376 e. The Morgan fingerprint density at radius 3 is 2.91 bits per heavy atom. The molecule has 22 heavy (non-hydrogen) atoms. The molecule has 1 aromatic heterocycles. The number of nitrogens with one attached hydrogen (secondary N) is 1. The highest BCUT2D eigenvalue weighted by Crippen LogP contribution is 2.34. The number of likely N-dealkylation sites (tertiary alicyclic amines) is 1. The molecular weight excluding hydrogens is 292 g/mol. The van der Waals surface area contributed by atoms with Gasteiger partial charge in [-0.15, -0.1) is 11.3 Å². The van der Waals surface area contributed by atoms with E-state index < -0.39 is 0 Å². The highest BCUT2D eigenvalue weighted by molar-refractivity contribution is 7.10. The third-order valence-corrected chi connectivity index (χ3v) is 5.37. The van der Waals surface area contributed by atoms with E-state index in [1.54, 1.807) is 11.3 Å². The zero-order chi connectivity index (χ0) is 15.5. The molecule has 0 saturated carbocycles. The zero-order valence-corrected chi connectivity index (χ0v) is 14.0. The SMILES string of the molecule is Cc1ccc(NCC(=O)N2CCCC2c2cccs2)cc1C. The smallest absolute Gasteiger partial charge is 0.242 e. The monoisotopic (exact) mass is 314 g/mol. The Bertz CT molecular complexity index is 651. The minimum absolute atomic E-state index is 0.189. The van der Waals surface area contributed by atoms with Crippen molar-refractivity contribution in [3.05, 3.63) is 51.7 Å². The minimum atomic E-state index is 0.189. The fourth-order valence-electron chi connectivity index (χ4n) is 2.97. The molecule has 1 unspecified atom stereocenters. The van der Waals surface area contributed by atoms with Gasteiger partial charge in [0.05, 0.1) is 12.6 Å². The van der Waals surface area contributed by atoms with Crippen molar-refractivity contribution in [2.24, 2.45) is 0 Å². The van der Waals surface area contributed by atoms with E-state index in [2.05, 4.69) is 48.8 Å². The van der Waals surface area contributed by atoms with Crippen LogP contribution in [0.3, 0.4) is 0 Å². The number of nitrogens with zero attached hydrogens (tertiary/aromatic N) is 1. The number of hydrogen-bond acceptors (Lipinski definition) is 3. The fraction of sp³-hybridized carbons (Fsp3) is 0.389.